The van der Waals surface area contributed by atoms with Crippen LogP contribution >= 0.6 is 0 Å². The van der Waals surface area contributed by atoms with E-state index < -0.39 is 5.60 Å². The van der Waals surface area contributed by atoms with Gasteiger partial charge >= 0.3 is 0 Å². The molecule has 0 heterocycles. The van der Waals surface area contributed by atoms with Crippen LogP contribution in [0.25, 0.3) is 5.57 Å². The fourth-order valence-electron chi connectivity index (χ4n) is 2.77. The van der Waals surface area contributed by atoms with E-state index in [1.807, 2.05) is 6.07 Å². The summed E-state index contributed by atoms with van der Waals surface area (Å²) in [6.45, 7) is 4.28. The Labute approximate surface area is 97.8 Å². The van der Waals surface area contributed by atoms with Crippen molar-refractivity contribution in [3.63, 3.8) is 0 Å². The van der Waals surface area contributed by atoms with Gasteiger partial charge in [0, 0.05) is 6.42 Å². The fourth-order valence-corrected chi connectivity index (χ4v) is 2.77. The van der Waals surface area contributed by atoms with Gasteiger partial charge in [0.25, 0.3) is 0 Å². The minimum atomic E-state index is -0.482. The Kier molecular flexibility index (Phi) is 3.15. The second-order valence-electron chi connectivity index (χ2n) is 4.95. The van der Waals surface area contributed by atoms with E-state index in [2.05, 4.69) is 38.1 Å². The molecular formula is C15H20O. The third-order valence-corrected chi connectivity index (χ3v) is 3.45. The molecule has 1 nitrogen and oxygen atoms in total. The van der Waals surface area contributed by atoms with Gasteiger partial charge in [-0.25, -0.2) is 0 Å². The first-order chi connectivity index (χ1) is 7.64. The lowest BCUT2D eigenvalue weighted by Crippen LogP contribution is -2.24. The van der Waals surface area contributed by atoms with Gasteiger partial charge in [0.05, 0.1) is 5.60 Å². The molecule has 0 bridgehead atoms. The molecule has 0 saturated heterocycles. The van der Waals surface area contributed by atoms with Crippen LogP contribution in [0.2, 0.25) is 0 Å². The number of rotatable bonds is 3. The minimum Gasteiger partial charge on any atom is -0.389 e. The predicted octanol–water partition coefficient (Wildman–Crippen LogP) is 3.79. The highest BCUT2D eigenvalue weighted by atomic mass is 16.3. The zero-order chi connectivity index (χ0) is 11.6. The lowest BCUT2D eigenvalue weighted by atomic mass is 9.92. The van der Waals surface area contributed by atoms with Gasteiger partial charge in [-0.15, -0.1) is 0 Å². The van der Waals surface area contributed by atoms with Crippen molar-refractivity contribution in [2.24, 2.45) is 0 Å². The van der Waals surface area contributed by atoms with Crippen LogP contribution in [0, 0.1) is 0 Å². The van der Waals surface area contributed by atoms with Crippen molar-refractivity contribution in [3.05, 3.63) is 41.5 Å². The van der Waals surface area contributed by atoms with Crippen molar-refractivity contribution >= 4 is 5.57 Å². The highest BCUT2D eigenvalue weighted by Gasteiger charge is 2.34. The Morgan fingerprint density at radius 1 is 1.19 bits per heavy atom. The zero-order valence-electron chi connectivity index (χ0n) is 10.2. The van der Waals surface area contributed by atoms with E-state index in [1.54, 1.807) is 0 Å². The molecule has 1 aliphatic rings. The minimum absolute atomic E-state index is 0.482. The molecule has 1 aliphatic carbocycles. The summed E-state index contributed by atoms with van der Waals surface area (Å²) < 4.78 is 0. The first-order valence-electron chi connectivity index (χ1n) is 6.11. The van der Waals surface area contributed by atoms with E-state index in [0.717, 1.165) is 25.7 Å². The van der Waals surface area contributed by atoms with Crippen LogP contribution in [0.15, 0.2) is 35.9 Å². The molecule has 1 N–H and O–H groups in total. The zero-order valence-corrected chi connectivity index (χ0v) is 10.2. The Balaban J connectivity index is 2.22. The summed E-state index contributed by atoms with van der Waals surface area (Å²) in [6, 6.07) is 10.4. The van der Waals surface area contributed by atoms with E-state index in [0.29, 0.717) is 0 Å². The van der Waals surface area contributed by atoms with Crippen LogP contribution in [0.5, 0.6) is 0 Å². The van der Waals surface area contributed by atoms with E-state index >= 15 is 0 Å². The van der Waals surface area contributed by atoms with Gasteiger partial charge in [0.2, 0.25) is 0 Å². The highest BCUT2D eigenvalue weighted by molar-refractivity contribution is 5.71. The Hall–Kier alpha value is -1.08. The van der Waals surface area contributed by atoms with Crippen molar-refractivity contribution in [2.75, 3.05) is 0 Å². The normalized spacial score (nSPS) is 25.2. The van der Waals surface area contributed by atoms with Crippen LogP contribution in [-0.4, -0.2) is 10.7 Å². The van der Waals surface area contributed by atoms with E-state index in [9.17, 15) is 5.11 Å². The maximum Gasteiger partial charge on any atom is 0.0725 e. The quantitative estimate of drug-likeness (QED) is 0.815. The van der Waals surface area contributed by atoms with Gasteiger partial charge in [-0.1, -0.05) is 49.2 Å². The Morgan fingerprint density at radius 3 is 2.50 bits per heavy atom. The lowest BCUT2D eigenvalue weighted by molar-refractivity contribution is 0.0439. The maximum atomic E-state index is 10.5. The number of hydrogen-bond donors (Lipinski definition) is 1. The van der Waals surface area contributed by atoms with Crippen molar-refractivity contribution < 1.29 is 5.11 Å². The van der Waals surface area contributed by atoms with Crippen LogP contribution in [0.1, 0.15) is 45.1 Å². The van der Waals surface area contributed by atoms with E-state index in [-0.39, 0.29) is 0 Å². The Bertz CT molecular complexity index is 391. The molecule has 1 heteroatoms. The SMILES string of the molecule is CCCC1(O)CC(C)=C(c2ccccc2)C1. The summed E-state index contributed by atoms with van der Waals surface area (Å²) in [6.07, 6.45) is 3.61. The molecule has 0 amide bonds. The largest absolute Gasteiger partial charge is 0.389 e. The number of benzene rings is 1. The molecule has 86 valence electrons. The molecule has 1 aromatic carbocycles. The molecule has 16 heavy (non-hydrogen) atoms. The van der Waals surface area contributed by atoms with Crippen LogP contribution in [-0.2, 0) is 0 Å². The van der Waals surface area contributed by atoms with Gasteiger partial charge < -0.3 is 5.11 Å². The van der Waals surface area contributed by atoms with Crippen molar-refractivity contribution in [1.82, 2.24) is 0 Å². The summed E-state index contributed by atoms with van der Waals surface area (Å²) in [5.74, 6) is 0. The van der Waals surface area contributed by atoms with Crippen LogP contribution < -0.4 is 0 Å². The molecule has 0 aromatic heterocycles. The Morgan fingerprint density at radius 2 is 1.88 bits per heavy atom. The average molecular weight is 216 g/mol. The topological polar surface area (TPSA) is 20.2 Å². The van der Waals surface area contributed by atoms with Crippen LogP contribution in [0.3, 0.4) is 0 Å². The second kappa shape index (κ2) is 4.42. The maximum absolute atomic E-state index is 10.5. The molecule has 1 aromatic rings. The summed E-state index contributed by atoms with van der Waals surface area (Å²) in [5.41, 5.74) is 3.48. The second-order valence-corrected chi connectivity index (χ2v) is 4.95. The van der Waals surface area contributed by atoms with Gasteiger partial charge in [-0.3, -0.25) is 0 Å². The van der Waals surface area contributed by atoms with Crippen molar-refractivity contribution in [2.45, 2.75) is 45.1 Å². The monoisotopic (exact) mass is 216 g/mol. The summed E-state index contributed by atoms with van der Waals surface area (Å²) in [4.78, 5) is 0. The summed E-state index contributed by atoms with van der Waals surface area (Å²) in [5, 5.41) is 10.5. The van der Waals surface area contributed by atoms with E-state index in [4.69, 9.17) is 0 Å². The first-order valence-corrected chi connectivity index (χ1v) is 6.11. The summed E-state index contributed by atoms with van der Waals surface area (Å²) in [7, 11) is 0. The van der Waals surface area contributed by atoms with Gasteiger partial charge in [0.15, 0.2) is 0 Å². The summed E-state index contributed by atoms with van der Waals surface area (Å²) >= 11 is 0. The molecule has 0 aliphatic heterocycles. The molecular weight excluding hydrogens is 196 g/mol. The third-order valence-electron chi connectivity index (χ3n) is 3.45. The molecule has 0 fully saturated rings. The third kappa shape index (κ3) is 2.19. The van der Waals surface area contributed by atoms with E-state index in [1.165, 1.54) is 16.7 Å². The predicted molar refractivity (Wildman–Crippen MR) is 68.1 cm³/mol. The number of aliphatic hydroxyl groups is 1. The highest BCUT2D eigenvalue weighted by Crippen LogP contribution is 2.42. The van der Waals surface area contributed by atoms with Crippen LogP contribution in [0.4, 0.5) is 0 Å². The standard InChI is InChI=1S/C15H20O/c1-3-9-15(16)10-12(2)14(11-15)13-7-5-4-6-8-13/h4-8,16H,3,9-11H2,1-2H3. The molecule has 1 unspecified atom stereocenters. The number of hydrogen-bond acceptors (Lipinski definition) is 1. The lowest BCUT2D eigenvalue weighted by Gasteiger charge is -2.22. The molecule has 1 atom stereocenters. The average Bonchev–Trinajstić information content (AvgIpc) is 2.56. The molecule has 0 radical (unpaired) electrons. The van der Waals surface area contributed by atoms with Crippen molar-refractivity contribution in [3.8, 4) is 0 Å². The fraction of sp³-hybridized carbons (Fsp3) is 0.467. The smallest absolute Gasteiger partial charge is 0.0725 e. The molecule has 0 saturated carbocycles. The van der Waals surface area contributed by atoms with Gasteiger partial charge in [0.1, 0.15) is 0 Å². The van der Waals surface area contributed by atoms with Gasteiger partial charge in [-0.05, 0) is 30.9 Å². The van der Waals surface area contributed by atoms with Gasteiger partial charge in [-0.2, -0.15) is 0 Å². The van der Waals surface area contributed by atoms with Crippen molar-refractivity contribution in [1.29, 1.82) is 0 Å². The first kappa shape index (κ1) is 11.4. The molecule has 0 spiro atoms. The molecule has 2 rings (SSSR count).